The third-order valence-electron chi connectivity index (χ3n) is 3.82. The van der Waals surface area contributed by atoms with E-state index in [0.29, 0.717) is 35.9 Å². The number of anilines is 1. The van der Waals surface area contributed by atoms with Gasteiger partial charge < -0.3 is 15.4 Å². The van der Waals surface area contributed by atoms with E-state index in [4.69, 9.17) is 4.74 Å². The Balaban J connectivity index is 1.91. The van der Waals surface area contributed by atoms with Crippen molar-refractivity contribution in [2.45, 2.75) is 27.2 Å². The van der Waals surface area contributed by atoms with Crippen molar-refractivity contribution in [2.75, 3.05) is 18.5 Å². The molecule has 0 fully saturated rings. The van der Waals surface area contributed by atoms with E-state index >= 15 is 0 Å². The van der Waals surface area contributed by atoms with Crippen molar-refractivity contribution in [3.05, 3.63) is 59.7 Å². The molecule has 0 spiro atoms. The standard InChI is InChI=1S/C21H26N2O3/c1-4-22-20(24)16-5-9-18(10-6-16)23-21(25)17-7-11-19(12-8-17)26-14-13-15(2)3/h5-12,15H,4,13-14H2,1-3H3,(H,22,24)(H,23,25). The molecule has 0 atom stereocenters. The maximum absolute atomic E-state index is 12.3. The molecule has 0 aliphatic heterocycles. The lowest BCUT2D eigenvalue weighted by molar-refractivity contribution is 0.0955. The van der Waals surface area contributed by atoms with E-state index in [1.807, 2.05) is 6.92 Å². The van der Waals surface area contributed by atoms with Gasteiger partial charge in [0.2, 0.25) is 0 Å². The lowest BCUT2D eigenvalue weighted by atomic mass is 10.1. The van der Waals surface area contributed by atoms with Crippen LogP contribution >= 0.6 is 0 Å². The minimum atomic E-state index is -0.204. The van der Waals surface area contributed by atoms with E-state index < -0.39 is 0 Å². The van der Waals surface area contributed by atoms with Crippen molar-refractivity contribution >= 4 is 17.5 Å². The first-order chi connectivity index (χ1) is 12.5. The Kier molecular flexibility index (Phi) is 7.21. The molecule has 0 aliphatic carbocycles. The summed E-state index contributed by atoms with van der Waals surface area (Å²) in [6.45, 7) is 7.42. The Morgan fingerprint density at radius 2 is 1.50 bits per heavy atom. The third kappa shape index (κ3) is 5.92. The van der Waals surface area contributed by atoms with Crippen LogP contribution in [0.4, 0.5) is 5.69 Å². The number of benzene rings is 2. The summed E-state index contributed by atoms with van der Waals surface area (Å²) < 4.78 is 5.66. The van der Waals surface area contributed by atoms with Crippen LogP contribution in [0, 0.1) is 5.92 Å². The summed E-state index contributed by atoms with van der Waals surface area (Å²) >= 11 is 0. The summed E-state index contributed by atoms with van der Waals surface area (Å²) in [7, 11) is 0. The highest BCUT2D eigenvalue weighted by Crippen LogP contribution is 2.16. The zero-order valence-electron chi connectivity index (χ0n) is 15.5. The van der Waals surface area contributed by atoms with Crippen molar-refractivity contribution in [3.8, 4) is 5.75 Å². The van der Waals surface area contributed by atoms with Gasteiger partial charge in [-0.05, 0) is 67.8 Å². The molecule has 0 aromatic heterocycles. The van der Waals surface area contributed by atoms with Crippen molar-refractivity contribution in [1.29, 1.82) is 0 Å². The number of carbonyl (C=O) groups excluding carboxylic acids is 2. The number of carbonyl (C=O) groups is 2. The van der Waals surface area contributed by atoms with Crippen LogP contribution in [0.25, 0.3) is 0 Å². The molecule has 5 nitrogen and oxygen atoms in total. The molecule has 2 rings (SSSR count). The molecule has 0 unspecified atom stereocenters. The lowest BCUT2D eigenvalue weighted by Gasteiger charge is -2.09. The Hall–Kier alpha value is -2.82. The monoisotopic (exact) mass is 354 g/mol. The highest BCUT2D eigenvalue weighted by molar-refractivity contribution is 6.04. The summed E-state index contributed by atoms with van der Waals surface area (Å²) in [5, 5.41) is 5.56. The summed E-state index contributed by atoms with van der Waals surface area (Å²) in [4.78, 5) is 24.1. The van der Waals surface area contributed by atoms with Gasteiger partial charge in [0, 0.05) is 23.4 Å². The molecular weight excluding hydrogens is 328 g/mol. The van der Waals surface area contributed by atoms with Crippen LogP contribution in [0.3, 0.4) is 0 Å². The van der Waals surface area contributed by atoms with Crippen molar-refractivity contribution in [1.82, 2.24) is 5.32 Å². The second-order valence-electron chi connectivity index (χ2n) is 6.45. The minimum Gasteiger partial charge on any atom is -0.494 e. The number of hydrogen-bond acceptors (Lipinski definition) is 3. The molecule has 0 bridgehead atoms. The van der Waals surface area contributed by atoms with Crippen LogP contribution in [0.1, 0.15) is 47.9 Å². The number of hydrogen-bond donors (Lipinski definition) is 2. The molecular formula is C21H26N2O3. The molecule has 0 radical (unpaired) electrons. The van der Waals surface area contributed by atoms with Crippen molar-refractivity contribution < 1.29 is 14.3 Å². The first-order valence-corrected chi connectivity index (χ1v) is 8.92. The maximum atomic E-state index is 12.3. The predicted octanol–water partition coefficient (Wildman–Crippen LogP) is 4.11. The van der Waals surface area contributed by atoms with Crippen LogP contribution in [-0.2, 0) is 0 Å². The fourth-order valence-corrected chi connectivity index (χ4v) is 2.29. The predicted molar refractivity (Wildman–Crippen MR) is 104 cm³/mol. The van der Waals surface area contributed by atoms with Gasteiger partial charge in [-0.1, -0.05) is 13.8 Å². The van der Waals surface area contributed by atoms with Crippen molar-refractivity contribution in [2.24, 2.45) is 5.92 Å². The topological polar surface area (TPSA) is 67.4 Å². The smallest absolute Gasteiger partial charge is 0.255 e. The van der Waals surface area contributed by atoms with Gasteiger partial charge in [0.05, 0.1) is 6.61 Å². The van der Waals surface area contributed by atoms with Gasteiger partial charge in [-0.3, -0.25) is 9.59 Å². The number of ether oxygens (including phenoxy) is 1. The average Bonchev–Trinajstić information content (AvgIpc) is 2.63. The number of rotatable bonds is 8. The summed E-state index contributed by atoms with van der Waals surface area (Å²) in [5.74, 6) is 1.02. The van der Waals surface area contributed by atoms with Crippen LogP contribution in [0.15, 0.2) is 48.5 Å². The SMILES string of the molecule is CCNC(=O)c1ccc(NC(=O)c2ccc(OCCC(C)C)cc2)cc1. The van der Waals surface area contributed by atoms with Gasteiger partial charge in [-0.2, -0.15) is 0 Å². The van der Waals surface area contributed by atoms with Crippen LogP contribution in [0.2, 0.25) is 0 Å². The van der Waals surface area contributed by atoms with E-state index in [1.165, 1.54) is 0 Å². The quantitative estimate of drug-likeness (QED) is 0.749. The van der Waals surface area contributed by atoms with Crippen molar-refractivity contribution in [3.63, 3.8) is 0 Å². The van der Waals surface area contributed by atoms with E-state index in [9.17, 15) is 9.59 Å². The van der Waals surface area contributed by atoms with Gasteiger partial charge >= 0.3 is 0 Å². The highest BCUT2D eigenvalue weighted by Gasteiger charge is 2.08. The Bertz CT molecular complexity index is 722. The molecule has 0 saturated heterocycles. The summed E-state index contributed by atoms with van der Waals surface area (Å²) in [6.07, 6.45) is 0.995. The third-order valence-corrected chi connectivity index (χ3v) is 3.82. The van der Waals surface area contributed by atoms with Crippen LogP contribution < -0.4 is 15.4 Å². The minimum absolute atomic E-state index is 0.126. The molecule has 0 aliphatic rings. The molecule has 2 aromatic carbocycles. The fourth-order valence-electron chi connectivity index (χ4n) is 2.29. The molecule has 5 heteroatoms. The zero-order valence-corrected chi connectivity index (χ0v) is 15.5. The van der Waals surface area contributed by atoms with Gasteiger partial charge in [0.1, 0.15) is 5.75 Å². The van der Waals surface area contributed by atoms with Crippen LogP contribution in [0.5, 0.6) is 5.75 Å². The second-order valence-corrected chi connectivity index (χ2v) is 6.45. The fraction of sp³-hybridized carbons (Fsp3) is 0.333. The zero-order chi connectivity index (χ0) is 18.9. The van der Waals surface area contributed by atoms with Gasteiger partial charge in [-0.25, -0.2) is 0 Å². The average molecular weight is 354 g/mol. The Labute approximate surface area is 154 Å². The molecule has 2 amide bonds. The normalized spacial score (nSPS) is 10.5. The second kappa shape index (κ2) is 9.61. The van der Waals surface area contributed by atoms with Gasteiger partial charge in [0.25, 0.3) is 11.8 Å². The lowest BCUT2D eigenvalue weighted by Crippen LogP contribution is -2.22. The van der Waals surface area contributed by atoms with Gasteiger partial charge in [0.15, 0.2) is 0 Å². The molecule has 0 saturated carbocycles. The summed E-state index contributed by atoms with van der Waals surface area (Å²) in [5.41, 5.74) is 1.75. The molecule has 2 N–H and O–H groups in total. The Morgan fingerprint density at radius 1 is 0.923 bits per heavy atom. The van der Waals surface area contributed by atoms with Crippen LogP contribution in [-0.4, -0.2) is 25.0 Å². The largest absolute Gasteiger partial charge is 0.494 e. The van der Waals surface area contributed by atoms with E-state index in [0.717, 1.165) is 12.2 Å². The number of amides is 2. The van der Waals surface area contributed by atoms with Gasteiger partial charge in [-0.15, -0.1) is 0 Å². The first-order valence-electron chi connectivity index (χ1n) is 8.92. The highest BCUT2D eigenvalue weighted by atomic mass is 16.5. The van der Waals surface area contributed by atoms with E-state index in [2.05, 4.69) is 24.5 Å². The number of nitrogens with one attached hydrogen (secondary N) is 2. The maximum Gasteiger partial charge on any atom is 0.255 e. The molecule has 26 heavy (non-hydrogen) atoms. The van der Waals surface area contributed by atoms with E-state index in [-0.39, 0.29) is 11.8 Å². The molecule has 138 valence electrons. The molecule has 2 aromatic rings. The first kappa shape index (κ1) is 19.5. The molecule has 0 heterocycles. The summed E-state index contributed by atoms with van der Waals surface area (Å²) in [6, 6.07) is 13.9. The van der Waals surface area contributed by atoms with E-state index in [1.54, 1.807) is 48.5 Å². The Morgan fingerprint density at radius 3 is 2.08 bits per heavy atom.